The molecule has 4 aromatic rings. The lowest BCUT2D eigenvalue weighted by Crippen LogP contribution is -2.09. The summed E-state index contributed by atoms with van der Waals surface area (Å²) in [5.41, 5.74) is 4.13. The Morgan fingerprint density at radius 1 is 0.686 bits per heavy atom. The number of para-hydroxylation sites is 2. The van der Waals surface area contributed by atoms with E-state index in [1.165, 1.54) is 6.08 Å². The van der Waals surface area contributed by atoms with Crippen LogP contribution in [0.3, 0.4) is 0 Å². The fraction of sp³-hybridized carbons (Fsp3) is 0. The van der Waals surface area contributed by atoms with Gasteiger partial charge < -0.3 is 9.55 Å². The molecule has 0 bridgehead atoms. The first-order valence-corrected chi connectivity index (χ1v) is 11.0. The molecule has 0 spiro atoms. The van der Waals surface area contributed by atoms with E-state index in [1.807, 2.05) is 84.9 Å². The fourth-order valence-corrected chi connectivity index (χ4v) is 3.55. The van der Waals surface area contributed by atoms with Crippen molar-refractivity contribution in [1.29, 1.82) is 0 Å². The van der Waals surface area contributed by atoms with E-state index in [9.17, 15) is 13.4 Å². The highest BCUT2D eigenvalue weighted by molar-refractivity contribution is 6.35. The zero-order chi connectivity index (χ0) is 24.5. The van der Waals surface area contributed by atoms with E-state index in [0.717, 1.165) is 28.7 Å². The molecular formula is C29H22BF2NO2. The van der Waals surface area contributed by atoms with Crippen LogP contribution in [0.25, 0.3) is 6.08 Å². The molecule has 0 aliphatic heterocycles. The van der Waals surface area contributed by atoms with Crippen LogP contribution < -0.4 is 4.90 Å². The first-order valence-electron chi connectivity index (χ1n) is 11.0. The highest BCUT2D eigenvalue weighted by Gasteiger charge is 2.19. The molecule has 0 unspecified atom stereocenters. The molecule has 0 saturated heterocycles. The van der Waals surface area contributed by atoms with E-state index in [1.54, 1.807) is 36.4 Å². The van der Waals surface area contributed by atoms with Crippen molar-refractivity contribution >= 4 is 36.4 Å². The van der Waals surface area contributed by atoms with Crippen molar-refractivity contribution in [1.82, 2.24) is 0 Å². The van der Waals surface area contributed by atoms with Gasteiger partial charge in [0.15, 0.2) is 5.78 Å². The van der Waals surface area contributed by atoms with Crippen molar-refractivity contribution in [2.75, 3.05) is 4.90 Å². The largest absolute Gasteiger partial charge is 0.796 e. The van der Waals surface area contributed by atoms with E-state index in [2.05, 4.69) is 9.55 Å². The normalized spacial score (nSPS) is 11.3. The number of carbonyl (C=O) groups is 1. The standard InChI is InChI=1S/C29H22BF2NO2/c31-30(32)35-28(22-29(34)24-10-4-1-5-11-24)21-18-23-16-19-27(20-17-23)33(25-12-6-2-7-13-25)26-14-8-3-9-15-26/h1-22H/b21-18+,28-22-. The molecule has 4 aromatic carbocycles. The third kappa shape index (κ3) is 6.54. The lowest BCUT2D eigenvalue weighted by Gasteiger charge is -2.25. The van der Waals surface area contributed by atoms with E-state index < -0.39 is 13.3 Å². The summed E-state index contributed by atoms with van der Waals surface area (Å²) >= 11 is 0. The number of anilines is 3. The summed E-state index contributed by atoms with van der Waals surface area (Å²) in [5.74, 6) is -0.629. The Kier molecular flexibility index (Phi) is 7.86. The van der Waals surface area contributed by atoms with Crippen molar-refractivity contribution < 1.29 is 18.1 Å². The summed E-state index contributed by atoms with van der Waals surface area (Å²) in [5, 5.41) is 0. The summed E-state index contributed by atoms with van der Waals surface area (Å²) in [6.07, 6.45) is 4.07. The second-order valence-electron chi connectivity index (χ2n) is 7.59. The minimum atomic E-state index is -3.04. The number of nitrogens with zero attached hydrogens (tertiary/aromatic N) is 1. The number of rotatable bonds is 9. The predicted octanol–water partition coefficient (Wildman–Crippen LogP) is 7.88. The zero-order valence-corrected chi connectivity index (χ0v) is 18.8. The van der Waals surface area contributed by atoms with Gasteiger partial charge >= 0.3 is 7.47 Å². The van der Waals surface area contributed by atoms with Crippen LogP contribution in [0, 0.1) is 0 Å². The van der Waals surface area contributed by atoms with Crippen molar-refractivity contribution in [3.8, 4) is 0 Å². The van der Waals surface area contributed by atoms with Crippen molar-refractivity contribution in [2.24, 2.45) is 0 Å². The Morgan fingerprint density at radius 3 is 1.69 bits per heavy atom. The molecule has 35 heavy (non-hydrogen) atoms. The molecule has 0 fully saturated rings. The average molecular weight is 465 g/mol. The molecule has 0 atom stereocenters. The van der Waals surface area contributed by atoms with Gasteiger partial charge in [0.25, 0.3) is 0 Å². The molecule has 0 aliphatic carbocycles. The van der Waals surface area contributed by atoms with E-state index in [4.69, 9.17) is 0 Å². The van der Waals surface area contributed by atoms with Crippen LogP contribution in [-0.2, 0) is 4.65 Å². The summed E-state index contributed by atoms with van der Waals surface area (Å²) in [4.78, 5) is 14.5. The Morgan fingerprint density at radius 2 is 1.17 bits per heavy atom. The molecular weight excluding hydrogens is 443 g/mol. The van der Waals surface area contributed by atoms with Crippen LogP contribution in [-0.4, -0.2) is 13.3 Å². The van der Waals surface area contributed by atoms with Crippen molar-refractivity contribution in [3.05, 3.63) is 144 Å². The van der Waals surface area contributed by atoms with Crippen molar-refractivity contribution in [3.63, 3.8) is 0 Å². The molecule has 0 saturated carbocycles. The maximum atomic E-state index is 12.9. The zero-order valence-electron chi connectivity index (χ0n) is 18.8. The summed E-state index contributed by atoms with van der Waals surface area (Å²) in [6.45, 7) is 0. The van der Waals surface area contributed by atoms with Crippen LogP contribution in [0.15, 0.2) is 133 Å². The van der Waals surface area contributed by atoms with Gasteiger partial charge in [-0.2, -0.15) is 0 Å². The second-order valence-corrected chi connectivity index (χ2v) is 7.59. The highest BCUT2D eigenvalue weighted by Crippen LogP contribution is 2.34. The quantitative estimate of drug-likeness (QED) is 0.0828. The van der Waals surface area contributed by atoms with Gasteiger partial charge in [-0.1, -0.05) is 84.9 Å². The van der Waals surface area contributed by atoms with Crippen molar-refractivity contribution in [2.45, 2.75) is 0 Å². The molecule has 0 radical (unpaired) electrons. The minimum Gasteiger partial charge on any atom is -0.505 e. The number of allylic oxidation sites excluding steroid dienone is 2. The maximum absolute atomic E-state index is 12.9. The van der Waals surface area contributed by atoms with Crippen LogP contribution in [0.2, 0.25) is 0 Å². The first kappa shape index (κ1) is 23.7. The van der Waals surface area contributed by atoms with Crippen LogP contribution in [0.1, 0.15) is 15.9 Å². The first-order chi connectivity index (χ1) is 17.1. The molecule has 3 nitrogen and oxygen atoms in total. The predicted molar refractivity (Wildman–Crippen MR) is 138 cm³/mol. The summed E-state index contributed by atoms with van der Waals surface area (Å²) < 4.78 is 30.4. The number of hydrogen-bond acceptors (Lipinski definition) is 3. The van der Waals surface area contributed by atoms with Crippen LogP contribution >= 0.6 is 0 Å². The lowest BCUT2D eigenvalue weighted by molar-refractivity contribution is 0.104. The Labute approximate surface area is 203 Å². The minimum absolute atomic E-state index is 0.215. The average Bonchev–Trinajstić information content (AvgIpc) is 2.90. The topological polar surface area (TPSA) is 29.5 Å². The molecule has 0 aromatic heterocycles. The van der Waals surface area contributed by atoms with Gasteiger partial charge in [-0.3, -0.25) is 4.79 Å². The Hall–Kier alpha value is -4.45. The smallest absolute Gasteiger partial charge is 0.505 e. The number of benzene rings is 4. The molecule has 0 heterocycles. The summed E-state index contributed by atoms with van der Waals surface area (Å²) in [6, 6.07) is 36.1. The van der Waals surface area contributed by atoms with E-state index >= 15 is 0 Å². The molecule has 0 amide bonds. The van der Waals surface area contributed by atoms with E-state index in [-0.39, 0.29) is 5.76 Å². The molecule has 6 heteroatoms. The number of ketones is 1. The fourth-order valence-electron chi connectivity index (χ4n) is 3.55. The number of hydrogen-bond donors (Lipinski definition) is 0. The Balaban J connectivity index is 1.58. The third-order valence-corrected chi connectivity index (χ3v) is 5.18. The molecule has 4 rings (SSSR count). The Bertz CT molecular complexity index is 1250. The number of halogens is 2. The van der Waals surface area contributed by atoms with Gasteiger partial charge in [-0.25, -0.2) is 8.63 Å². The molecule has 172 valence electrons. The van der Waals surface area contributed by atoms with Gasteiger partial charge in [0.2, 0.25) is 0 Å². The summed E-state index contributed by atoms with van der Waals surface area (Å²) in [7, 11) is -3.04. The van der Waals surface area contributed by atoms with Gasteiger partial charge in [0.05, 0.1) is 0 Å². The van der Waals surface area contributed by atoms with E-state index in [0.29, 0.717) is 5.56 Å². The lowest BCUT2D eigenvalue weighted by atomic mass is 10.1. The third-order valence-electron chi connectivity index (χ3n) is 5.18. The van der Waals surface area contributed by atoms with Gasteiger partial charge in [0.1, 0.15) is 5.76 Å². The highest BCUT2D eigenvalue weighted by atomic mass is 19.2. The van der Waals surface area contributed by atoms with Gasteiger partial charge in [-0.15, -0.1) is 0 Å². The maximum Gasteiger partial charge on any atom is 0.796 e. The second kappa shape index (κ2) is 11.6. The molecule has 0 aliphatic rings. The monoisotopic (exact) mass is 465 g/mol. The SMILES string of the molecule is O=C(/C=C(/C=C/c1ccc(N(c2ccccc2)c2ccccc2)cc1)OB(F)F)c1ccccc1. The van der Waals surface area contributed by atoms with Crippen LogP contribution in [0.4, 0.5) is 25.7 Å². The van der Waals surface area contributed by atoms with Gasteiger partial charge in [-0.05, 0) is 48.0 Å². The molecule has 0 N–H and O–H groups in total. The van der Waals surface area contributed by atoms with Gasteiger partial charge in [0, 0.05) is 28.7 Å². The number of carbonyl (C=O) groups excluding carboxylic acids is 1. The van der Waals surface area contributed by atoms with Crippen LogP contribution in [0.5, 0.6) is 0 Å².